The third-order valence-electron chi connectivity index (χ3n) is 10.8. The zero-order valence-electron chi connectivity index (χ0n) is 31.3. The molecule has 0 fully saturated rings. The van der Waals surface area contributed by atoms with Crippen LogP contribution in [0.3, 0.4) is 0 Å². The molecule has 0 bridgehead atoms. The highest BCUT2D eigenvalue weighted by Gasteiger charge is 2.23. The molecule has 3 nitrogen and oxygen atoms in total. The minimum Gasteiger partial charge on any atom is -0.440 e. The normalized spacial score (nSPS) is 14.4. The van der Waals surface area contributed by atoms with E-state index in [1.807, 2.05) is 24.3 Å². The Bertz CT molecular complexity index is 2900. The van der Waals surface area contributed by atoms with E-state index in [1.165, 1.54) is 32.9 Å². The van der Waals surface area contributed by atoms with Gasteiger partial charge in [-0.05, 0) is 99.6 Å². The number of nitrogens with zero attached hydrogens (tertiary/aromatic N) is 2. The second-order valence-electron chi connectivity index (χ2n) is 14.3. The van der Waals surface area contributed by atoms with Gasteiger partial charge < -0.3 is 9.30 Å². The summed E-state index contributed by atoms with van der Waals surface area (Å²) in [5.41, 5.74) is 14.0. The van der Waals surface area contributed by atoms with Crippen LogP contribution in [-0.4, -0.2) is 4.57 Å². The average molecular weight is 731 g/mol. The van der Waals surface area contributed by atoms with E-state index in [0.29, 0.717) is 5.88 Å². The molecular formula is C54H38N2O. The first-order valence-electron chi connectivity index (χ1n) is 19.3. The van der Waals surface area contributed by atoms with Gasteiger partial charge in [0.25, 0.3) is 0 Å². The zero-order valence-corrected chi connectivity index (χ0v) is 31.3. The molecule has 3 heteroatoms. The molecule has 0 unspecified atom stereocenters. The summed E-state index contributed by atoms with van der Waals surface area (Å²) in [4.78, 5) is 2.21. The number of hydrogen-bond donors (Lipinski definition) is 0. The molecule has 57 heavy (non-hydrogen) atoms. The molecule has 0 aliphatic carbocycles. The van der Waals surface area contributed by atoms with Crippen LogP contribution in [0.25, 0.3) is 60.9 Å². The van der Waals surface area contributed by atoms with Gasteiger partial charge in [-0.3, -0.25) is 4.90 Å². The molecule has 270 valence electrons. The molecule has 1 aliphatic rings. The van der Waals surface area contributed by atoms with Crippen molar-refractivity contribution in [2.24, 2.45) is 0 Å². The highest BCUT2D eigenvalue weighted by Crippen LogP contribution is 2.40. The van der Waals surface area contributed by atoms with Crippen molar-refractivity contribution in [1.29, 1.82) is 0 Å². The third kappa shape index (κ3) is 6.41. The maximum atomic E-state index is 7.00. The fourth-order valence-corrected chi connectivity index (χ4v) is 7.95. The lowest BCUT2D eigenvalue weighted by atomic mass is 9.98. The van der Waals surface area contributed by atoms with Gasteiger partial charge in [-0.25, -0.2) is 0 Å². The van der Waals surface area contributed by atoms with Crippen LogP contribution in [0.15, 0.2) is 231 Å². The van der Waals surface area contributed by atoms with E-state index in [-0.39, 0.29) is 0 Å². The monoisotopic (exact) mass is 730 g/mol. The topological polar surface area (TPSA) is 17.4 Å². The predicted molar refractivity (Wildman–Crippen MR) is 239 cm³/mol. The molecule has 1 aromatic heterocycles. The first-order chi connectivity index (χ1) is 28.2. The van der Waals surface area contributed by atoms with Gasteiger partial charge in [-0.2, -0.15) is 0 Å². The SMILES string of the molecule is C=C1/C=C(c2ccccc2)\C=C(\N(c2ccc(-c3ccc(-c4ccccc4)cc3)cc2)c2ccc(-n3c4ccccc4c4ccccc43)cc2)Oc2ccccc21. The number of benzene rings is 8. The van der Waals surface area contributed by atoms with E-state index in [1.54, 1.807) is 0 Å². The Hall–Kier alpha value is -7.62. The van der Waals surface area contributed by atoms with E-state index in [4.69, 9.17) is 4.74 Å². The lowest BCUT2D eigenvalue weighted by molar-refractivity contribution is 0.416. The Morgan fingerprint density at radius 2 is 0.860 bits per heavy atom. The van der Waals surface area contributed by atoms with Crippen LogP contribution in [-0.2, 0) is 0 Å². The minimum atomic E-state index is 0.676. The average Bonchev–Trinajstić information content (AvgIpc) is 3.61. The second-order valence-corrected chi connectivity index (χ2v) is 14.3. The summed E-state index contributed by atoms with van der Waals surface area (Å²) in [6.45, 7) is 4.46. The fraction of sp³-hybridized carbons (Fsp3) is 0. The van der Waals surface area contributed by atoms with E-state index >= 15 is 0 Å². The van der Waals surface area contributed by atoms with Crippen molar-refractivity contribution >= 4 is 44.3 Å². The van der Waals surface area contributed by atoms with E-state index < -0.39 is 0 Å². The van der Waals surface area contributed by atoms with Gasteiger partial charge in [-0.1, -0.05) is 158 Å². The quantitative estimate of drug-likeness (QED) is 0.162. The molecule has 0 saturated carbocycles. The molecule has 0 amide bonds. The Morgan fingerprint density at radius 1 is 0.404 bits per heavy atom. The van der Waals surface area contributed by atoms with E-state index in [2.05, 4.69) is 210 Å². The summed E-state index contributed by atoms with van der Waals surface area (Å²) < 4.78 is 9.35. The fourth-order valence-electron chi connectivity index (χ4n) is 7.95. The number of fused-ring (bicyclic) bond motifs is 4. The standard InChI is InChI=1S/C54H38N2O/c1-38-36-44(40-16-6-3-7-17-40)37-54(57-53-23-13-10-18-48(38)53)55(45-30-28-43(29-31-45)42-26-24-41(25-27-42)39-14-4-2-5-15-39)46-32-34-47(35-33-46)56-51-21-11-8-19-49(51)50-20-9-12-22-52(50)56/h2-37H,1H2/b44-36+,54-37-. The number of hydrogen-bond acceptors (Lipinski definition) is 2. The lowest BCUT2D eigenvalue weighted by Crippen LogP contribution is -2.22. The maximum absolute atomic E-state index is 7.00. The first-order valence-corrected chi connectivity index (χ1v) is 19.3. The van der Waals surface area contributed by atoms with Gasteiger partial charge in [-0.15, -0.1) is 0 Å². The van der Waals surface area contributed by atoms with Gasteiger partial charge in [0.1, 0.15) is 5.75 Å². The smallest absolute Gasteiger partial charge is 0.205 e. The molecule has 1 aliphatic heterocycles. The van der Waals surface area contributed by atoms with E-state index in [9.17, 15) is 0 Å². The molecule has 2 heterocycles. The van der Waals surface area contributed by atoms with Crippen LogP contribution in [0, 0.1) is 0 Å². The largest absolute Gasteiger partial charge is 0.440 e. The molecule has 0 atom stereocenters. The molecule has 0 N–H and O–H groups in total. The molecule has 10 rings (SSSR count). The van der Waals surface area contributed by atoms with Crippen LogP contribution in [0.4, 0.5) is 11.4 Å². The van der Waals surface area contributed by atoms with Crippen molar-refractivity contribution in [3.63, 3.8) is 0 Å². The van der Waals surface area contributed by atoms with Crippen molar-refractivity contribution in [2.45, 2.75) is 0 Å². The summed E-state index contributed by atoms with van der Waals surface area (Å²) in [6, 6.07) is 72.6. The van der Waals surface area contributed by atoms with Crippen molar-refractivity contribution in [3.05, 3.63) is 242 Å². The van der Waals surface area contributed by atoms with Crippen LogP contribution < -0.4 is 9.64 Å². The first kappa shape index (κ1) is 33.9. The summed E-state index contributed by atoms with van der Waals surface area (Å²) in [6.07, 6.45) is 4.29. The molecular weight excluding hydrogens is 693 g/mol. The number of allylic oxidation sites excluding steroid dienone is 4. The second kappa shape index (κ2) is 14.6. The number of anilines is 2. The van der Waals surface area contributed by atoms with Crippen molar-refractivity contribution in [1.82, 2.24) is 4.57 Å². The van der Waals surface area contributed by atoms with Gasteiger partial charge >= 0.3 is 0 Å². The Labute approximate surface area is 333 Å². The number of aromatic nitrogens is 1. The van der Waals surface area contributed by atoms with Crippen LogP contribution in [0.2, 0.25) is 0 Å². The lowest BCUT2D eigenvalue weighted by Gasteiger charge is -2.30. The van der Waals surface area contributed by atoms with Crippen LogP contribution in [0.1, 0.15) is 11.1 Å². The summed E-state index contributed by atoms with van der Waals surface area (Å²) in [7, 11) is 0. The minimum absolute atomic E-state index is 0.676. The molecule has 8 aromatic carbocycles. The highest BCUT2D eigenvalue weighted by atomic mass is 16.5. The summed E-state index contributed by atoms with van der Waals surface area (Å²) in [5, 5.41) is 2.48. The van der Waals surface area contributed by atoms with Crippen molar-refractivity contribution in [3.8, 4) is 33.7 Å². The van der Waals surface area contributed by atoms with Gasteiger partial charge in [0.15, 0.2) is 0 Å². The zero-order chi connectivity index (χ0) is 38.1. The number of rotatable bonds is 7. The molecule has 9 aromatic rings. The van der Waals surface area contributed by atoms with Crippen molar-refractivity contribution < 1.29 is 4.74 Å². The Balaban J connectivity index is 1.10. The molecule has 0 saturated heterocycles. The number of ether oxygens (including phenoxy) is 1. The predicted octanol–water partition coefficient (Wildman–Crippen LogP) is 14.3. The molecule has 0 spiro atoms. The molecule has 0 radical (unpaired) electrons. The van der Waals surface area contributed by atoms with Crippen molar-refractivity contribution in [2.75, 3.05) is 4.90 Å². The van der Waals surface area contributed by atoms with Gasteiger partial charge in [0.2, 0.25) is 5.88 Å². The van der Waals surface area contributed by atoms with Gasteiger partial charge in [0.05, 0.1) is 11.0 Å². The highest BCUT2D eigenvalue weighted by molar-refractivity contribution is 6.09. The Morgan fingerprint density at radius 3 is 1.46 bits per heavy atom. The Kier molecular flexibility index (Phi) is 8.66. The van der Waals surface area contributed by atoms with Gasteiger partial charge in [0, 0.05) is 39.5 Å². The third-order valence-corrected chi connectivity index (χ3v) is 10.8. The maximum Gasteiger partial charge on any atom is 0.205 e. The summed E-state index contributed by atoms with van der Waals surface area (Å²) >= 11 is 0. The van der Waals surface area contributed by atoms with Crippen LogP contribution >= 0.6 is 0 Å². The van der Waals surface area contributed by atoms with E-state index in [0.717, 1.165) is 56.2 Å². The number of para-hydroxylation sites is 3. The summed E-state index contributed by atoms with van der Waals surface area (Å²) in [5.74, 6) is 1.42. The van der Waals surface area contributed by atoms with Crippen LogP contribution in [0.5, 0.6) is 5.75 Å².